The van der Waals surface area contributed by atoms with E-state index in [9.17, 15) is 5.11 Å². The van der Waals surface area contributed by atoms with Crippen LogP contribution in [0.3, 0.4) is 0 Å². The summed E-state index contributed by atoms with van der Waals surface area (Å²) >= 11 is 0. The van der Waals surface area contributed by atoms with Gasteiger partial charge in [-0.2, -0.15) is 0 Å². The summed E-state index contributed by atoms with van der Waals surface area (Å²) in [5.74, 6) is 0.685. The molecule has 2 heterocycles. The third-order valence-electron chi connectivity index (χ3n) is 3.84. The summed E-state index contributed by atoms with van der Waals surface area (Å²) in [5, 5.41) is 9.57. The van der Waals surface area contributed by atoms with Crippen LogP contribution in [0.25, 0.3) is 0 Å². The molecule has 3 heteroatoms. The molecule has 0 aromatic carbocycles. The molecular weight excluding hydrogens is 190 g/mol. The third kappa shape index (κ3) is 1.96. The highest BCUT2D eigenvalue weighted by Gasteiger charge is 2.48. The van der Waals surface area contributed by atoms with E-state index in [0.717, 1.165) is 39.0 Å². The van der Waals surface area contributed by atoms with Gasteiger partial charge in [-0.15, -0.1) is 0 Å². The molecule has 2 atom stereocenters. The molecule has 0 amide bonds. The molecular formula is C12H21NO2. The first-order valence-corrected chi connectivity index (χ1v) is 5.72. The van der Waals surface area contributed by atoms with Crippen molar-refractivity contribution in [1.29, 1.82) is 0 Å². The van der Waals surface area contributed by atoms with Gasteiger partial charge in [-0.05, 0) is 25.2 Å². The Morgan fingerprint density at radius 1 is 1.67 bits per heavy atom. The van der Waals surface area contributed by atoms with Crippen molar-refractivity contribution in [2.45, 2.75) is 24.8 Å². The van der Waals surface area contributed by atoms with Crippen LogP contribution in [0.2, 0.25) is 0 Å². The van der Waals surface area contributed by atoms with Crippen molar-refractivity contribution in [3.05, 3.63) is 12.2 Å². The minimum atomic E-state index is 0.0233. The largest absolute Gasteiger partial charge is 0.394 e. The lowest BCUT2D eigenvalue weighted by Crippen LogP contribution is -2.41. The molecule has 15 heavy (non-hydrogen) atoms. The standard InChI is InChI=1S/C12H21NO2/c1-10-5-12(9-14)6-11(3-4-15-2)8-13(12)7-10/h11,14H,1,3-9H2,2H3. The van der Waals surface area contributed by atoms with Crippen LogP contribution in [0, 0.1) is 5.92 Å². The number of rotatable bonds is 4. The van der Waals surface area contributed by atoms with E-state index >= 15 is 0 Å². The Hall–Kier alpha value is -0.380. The van der Waals surface area contributed by atoms with Gasteiger partial charge in [0.1, 0.15) is 0 Å². The summed E-state index contributed by atoms with van der Waals surface area (Å²) in [6.45, 7) is 7.22. The van der Waals surface area contributed by atoms with Gasteiger partial charge < -0.3 is 9.84 Å². The van der Waals surface area contributed by atoms with E-state index in [0.29, 0.717) is 5.92 Å². The van der Waals surface area contributed by atoms with Crippen molar-refractivity contribution in [3.8, 4) is 0 Å². The molecule has 2 aliphatic heterocycles. The number of ether oxygens (including phenoxy) is 1. The lowest BCUT2D eigenvalue weighted by atomic mass is 9.89. The second-order valence-corrected chi connectivity index (χ2v) is 5.04. The first kappa shape index (κ1) is 11.1. The van der Waals surface area contributed by atoms with Crippen LogP contribution in [0.4, 0.5) is 0 Å². The maximum atomic E-state index is 9.57. The number of hydrogen-bond acceptors (Lipinski definition) is 3. The van der Waals surface area contributed by atoms with Crippen LogP contribution < -0.4 is 0 Å². The van der Waals surface area contributed by atoms with E-state index in [1.54, 1.807) is 7.11 Å². The first-order chi connectivity index (χ1) is 7.20. The molecule has 86 valence electrons. The second-order valence-electron chi connectivity index (χ2n) is 5.04. The highest BCUT2D eigenvalue weighted by molar-refractivity contribution is 5.18. The van der Waals surface area contributed by atoms with Crippen molar-refractivity contribution in [2.75, 3.05) is 33.4 Å². The summed E-state index contributed by atoms with van der Waals surface area (Å²) in [4.78, 5) is 2.41. The Balaban J connectivity index is 1.97. The molecule has 1 N–H and O–H groups in total. The second kappa shape index (κ2) is 4.24. The highest BCUT2D eigenvalue weighted by Crippen LogP contribution is 2.43. The average molecular weight is 211 g/mol. The molecule has 0 aromatic rings. The molecule has 0 spiro atoms. The predicted molar refractivity (Wildman–Crippen MR) is 59.7 cm³/mol. The Kier molecular flexibility index (Phi) is 3.14. The zero-order valence-corrected chi connectivity index (χ0v) is 9.54. The number of hydrogen-bond donors (Lipinski definition) is 1. The van der Waals surface area contributed by atoms with Crippen LogP contribution in [-0.4, -0.2) is 49.0 Å². The number of nitrogens with zero attached hydrogens (tertiary/aromatic N) is 1. The van der Waals surface area contributed by atoms with Crippen LogP contribution in [0.15, 0.2) is 12.2 Å². The number of methoxy groups -OCH3 is 1. The molecule has 2 rings (SSSR count). The SMILES string of the molecule is C=C1CN2CC(CCOC)CC2(CO)C1. The zero-order chi connectivity index (χ0) is 10.9. The fourth-order valence-electron chi connectivity index (χ4n) is 3.14. The topological polar surface area (TPSA) is 32.7 Å². The van der Waals surface area contributed by atoms with Crippen molar-refractivity contribution >= 4 is 0 Å². The van der Waals surface area contributed by atoms with Gasteiger partial charge in [-0.3, -0.25) is 4.90 Å². The fraction of sp³-hybridized carbons (Fsp3) is 0.833. The minimum absolute atomic E-state index is 0.0233. The van der Waals surface area contributed by atoms with Crippen molar-refractivity contribution in [1.82, 2.24) is 4.90 Å². The van der Waals surface area contributed by atoms with Gasteiger partial charge >= 0.3 is 0 Å². The molecule has 2 unspecified atom stereocenters. The number of aliphatic hydroxyl groups is 1. The van der Waals surface area contributed by atoms with E-state index in [1.807, 2.05) is 0 Å². The van der Waals surface area contributed by atoms with Gasteiger partial charge in [0, 0.05) is 32.3 Å². The molecule has 0 aromatic heterocycles. The molecule has 2 fully saturated rings. The van der Waals surface area contributed by atoms with Crippen LogP contribution in [0.5, 0.6) is 0 Å². The van der Waals surface area contributed by atoms with E-state index in [2.05, 4.69) is 11.5 Å². The summed E-state index contributed by atoms with van der Waals surface area (Å²) in [6, 6.07) is 0. The Morgan fingerprint density at radius 2 is 2.47 bits per heavy atom. The molecule has 2 saturated heterocycles. The fourth-order valence-corrected chi connectivity index (χ4v) is 3.14. The van der Waals surface area contributed by atoms with E-state index < -0.39 is 0 Å². The van der Waals surface area contributed by atoms with Gasteiger partial charge in [0.15, 0.2) is 0 Å². The van der Waals surface area contributed by atoms with Crippen molar-refractivity contribution in [2.24, 2.45) is 5.92 Å². The first-order valence-electron chi connectivity index (χ1n) is 5.72. The quantitative estimate of drug-likeness (QED) is 0.705. The highest BCUT2D eigenvalue weighted by atomic mass is 16.5. The monoisotopic (exact) mass is 211 g/mol. The molecule has 0 radical (unpaired) electrons. The van der Waals surface area contributed by atoms with Crippen LogP contribution in [0.1, 0.15) is 19.3 Å². The molecule has 0 aliphatic carbocycles. The van der Waals surface area contributed by atoms with Gasteiger partial charge in [0.25, 0.3) is 0 Å². The number of aliphatic hydroxyl groups excluding tert-OH is 1. The Bertz CT molecular complexity index is 254. The van der Waals surface area contributed by atoms with Crippen LogP contribution >= 0.6 is 0 Å². The van der Waals surface area contributed by atoms with Crippen molar-refractivity contribution < 1.29 is 9.84 Å². The molecule has 0 bridgehead atoms. The zero-order valence-electron chi connectivity index (χ0n) is 9.54. The van der Waals surface area contributed by atoms with E-state index in [-0.39, 0.29) is 12.1 Å². The normalized spacial score (nSPS) is 36.1. The summed E-state index contributed by atoms with van der Waals surface area (Å²) in [5.41, 5.74) is 1.30. The van der Waals surface area contributed by atoms with Crippen molar-refractivity contribution in [3.63, 3.8) is 0 Å². The Morgan fingerprint density at radius 3 is 3.07 bits per heavy atom. The van der Waals surface area contributed by atoms with E-state index in [4.69, 9.17) is 4.74 Å². The van der Waals surface area contributed by atoms with Gasteiger partial charge in [0.2, 0.25) is 0 Å². The smallest absolute Gasteiger partial charge is 0.0618 e. The average Bonchev–Trinajstić information content (AvgIpc) is 2.67. The van der Waals surface area contributed by atoms with Gasteiger partial charge in [0.05, 0.1) is 6.61 Å². The Labute approximate surface area is 91.7 Å². The summed E-state index contributed by atoms with van der Waals surface area (Å²) < 4.78 is 5.12. The minimum Gasteiger partial charge on any atom is -0.394 e. The lowest BCUT2D eigenvalue weighted by molar-refractivity contribution is 0.0997. The van der Waals surface area contributed by atoms with Gasteiger partial charge in [-0.1, -0.05) is 12.2 Å². The molecule has 2 aliphatic rings. The maximum absolute atomic E-state index is 9.57. The molecule has 3 nitrogen and oxygen atoms in total. The predicted octanol–water partition coefficient (Wildman–Crippen LogP) is 1.04. The van der Waals surface area contributed by atoms with Crippen LogP contribution in [-0.2, 0) is 4.74 Å². The lowest BCUT2D eigenvalue weighted by Gasteiger charge is -2.28. The number of fused-ring (bicyclic) bond motifs is 1. The third-order valence-corrected chi connectivity index (χ3v) is 3.84. The summed E-state index contributed by atoms with van der Waals surface area (Å²) in [7, 11) is 1.75. The summed E-state index contributed by atoms with van der Waals surface area (Å²) in [6.07, 6.45) is 3.19. The molecule has 0 saturated carbocycles. The van der Waals surface area contributed by atoms with E-state index in [1.165, 1.54) is 5.57 Å². The van der Waals surface area contributed by atoms with Gasteiger partial charge in [-0.25, -0.2) is 0 Å². The maximum Gasteiger partial charge on any atom is 0.0618 e.